The van der Waals surface area contributed by atoms with E-state index in [9.17, 15) is 14.1 Å². The number of aryl methyl sites for hydroxylation is 2. The lowest BCUT2D eigenvalue weighted by Gasteiger charge is -2.20. The third-order valence-electron chi connectivity index (χ3n) is 6.26. The third-order valence-corrected chi connectivity index (χ3v) is 7.53. The standard InChI is InChI=1S/C21H29N5O3S/c1-4-26-13(12-27)10-19(24-26)30(22,29)25-18(28)11-16-14-6-5-7-17(14)23-20-15(16)8-9-21(20,2)3/h10,27H,4-9,11-12H2,1-3H3,(H2,22,25,28,29). The van der Waals surface area contributed by atoms with Gasteiger partial charge >= 0.3 is 0 Å². The Balaban J connectivity index is 1.70. The van der Waals surface area contributed by atoms with E-state index in [0.29, 0.717) is 12.2 Å². The molecular weight excluding hydrogens is 402 g/mol. The Labute approximate surface area is 177 Å². The summed E-state index contributed by atoms with van der Waals surface area (Å²) in [7, 11) is -3.49. The summed E-state index contributed by atoms with van der Waals surface area (Å²) in [5.41, 5.74) is 6.00. The second kappa shape index (κ2) is 7.55. The van der Waals surface area contributed by atoms with Gasteiger partial charge in [0.15, 0.2) is 14.9 Å². The van der Waals surface area contributed by atoms with Crippen LogP contribution in [0.5, 0.6) is 0 Å². The number of nitrogens with zero attached hydrogens (tertiary/aromatic N) is 4. The fourth-order valence-electron chi connectivity index (χ4n) is 4.66. The number of fused-ring (bicyclic) bond motifs is 2. The summed E-state index contributed by atoms with van der Waals surface area (Å²) in [6.45, 7) is 6.47. The van der Waals surface area contributed by atoms with Crippen LogP contribution in [-0.4, -0.2) is 30.0 Å². The van der Waals surface area contributed by atoms with Crippen LogP contribution < -0.4 is 5.14 Å². The molecule has 0 spiro atoms. The van der Waals surface area contributed by atoms with Crippen molar-refractivity contribution in [3.63, 3.8) is 0 Å². The number of aliphatic hydroxyl groups is 1. The average Bonchev–Trinajstić information content (AvgIpc) is 3.38. The minimum Gasteiger partial charge on any atom is -0.390 e. The molecule has 0 saturated heterocycles. The number of aliphatic hydroxyl groups excluding tert-OH is 1. The van der Waals surface area contributed by atoms with Crippen LogP contribution >= 0.6 is 0 Å². The molecule has 0 bridgehead atoms. The summed E-state index contributed by atoms with van der Waals surface area (Å²) in [6.07, 6.45) is 4.86. The van der Waals surface area contributed by atoms with Gasteiger partial charge in [-0.25, -0.2) is 9.35 Å². The van der Waals surface area contributed by atoms with E-state index in [-0.39, 0.29) is 23.5 Å². The quantitative estimate of drug-likeness (QED) is 0.749. The first-order chi connectivity index (χ1) is 14.2. The SMILES string of the molecule is CCn1nc(S(N)(=O)=NC(=O)Cc2c3c(nc4c2CCC4(C)C)CCC3)cc1CO. The lowest BCUT2D eigenvalue weighted by Crippen LogP contribution is -2.19. The molecule has 2 heterocycles. The first-order valence-electron chi connectivity index (χ1n) is 10.5. The largest absolute Gasteiger partial charge is 0.390 e. The molecule has 30 heavy (non-hydrogen) atoms. The Morgan fingerprint density at radius 2 is 2.10 bits per heavy atom. The zero-order chi connectivity index (χ0) is 21.7. The molecule has 3 N–H and O–H groups in total. The number of carbonyl (C=O) groups is 1. The number of hydrogen-bond acceptors (Lipinski definition) is 5. The van der Waals surface area contributed by atoms with Crippen LogP contribution in [0, 0.1) is 0 Å². The second-order valence-corrected chi connectivity index (χ2v) is 10.5. The smallest absolute Gasteiger partial charge is 0.259 e. The third kappa shape index (κ3) is 3.59. The maximum absolute atomic E-state index is 13.0. The van der Waals surface area contributed by atoms with E-state index in [2.05, 4.69) is 23.3 Å². The van der Waals surface area contributed by atoms with Crippen molar-refractivity contribution in [1.29, 1.82) is 0 Å². The van der Waals surface area contributed by atoms with Crippen molar-refractivity contribution in [2.45, 2.75) is 82.9 Å². The number of hydrogen-bond donors (Lipinski definition) is 2. The van der Waals surface area contributed by atoms with E-state index in [1.54, 1.807) is 0 Å². The van der Waals surface area contributed by atoms with Crippen molar-refractivity contribution in [1.82, 2.24) is 14.8 Å². The number of rotatable bonds is 5. The zero-order valence-electron chi connectivity index (χ0n) is 17.8. The molecule has 0 fully saturated rings. The Morgan fingerprint density at radius 1 is 1.33 bits per heavy atom. The molecule has 0 radical (unpaired) electrons. The lowest BCUT2D eigenvalue weighted by atomic mass is 9.89. The van der Waals surface area contributed by atoms with E-state index in [4.69, 9.17) is 10.1 Å². The fraction of sp³-hybridized carbons (Fsp3) is 0.571. The summed E-state index contributed by atoms with van der Waals surface area (Å²) in [4.78, 5) is 17.8. The minimum absolute atomic E-state index is 0.00299. The van der Waals surface area contributed by atoms with Gasteiger partial charge in [0.25, 0.3) is 5.91 Å². The van der Waals surface area contributed by atoms with Gasteiger partial charge in [0.05, 0.1) is 18.7 Å². The van der Waals surface area contributed by atoms with Crippen molar-refractivity contribution >= 4 is 15.8 Å². The van der Waals surface area contributed by atoms with Gasteiger partial charge in [-0.3, -0.25) is 14.5 Å². The summed E-state index contributed by atoms with van der Waals surface area (Å²) in [5, 5.41) is 19.5. The number of aromatic nitrogens is 3. The highest BCUT2D eigenvalue weighted by atomic mass is 32.2. The van der Waals surface area contributed by atoms with Crippen molar-refractivity contribution in [2.24, 2.45) is 9.50 Å². The maximum atomic E-state index is 13.0. The van der Waals surface area contributed by atoms with Gasteiger partial charge in [-0.2, -0.15) is 5.10 Å². The van der Waals surface area contributed by atoms with Crippen LogP contribution in [0.25, 0.3) is 0 Å². The summed E-state index contributed by atoms with van der Waals surface area (Å²) >= 11 is 0. The van der Waals surface area contributed by atoms with Gasteiger partial charge in [-0.15, -0.1) is 4.36 Å². The Morgan fingerprint density at radius 3 is 2.77 bits per heavy atom. The van der Waals surface area contributed by atoms with E-state index < -0.39 is 15.8 Å². The van der Waals surface area contributed by atoms with Gasteiger partial charge in [0.2, 0.25) is 0 Å². The van der Waals surface area contributed by atoms with Crippen LogP contribution in [0.3, 0.4) is 0 Å². The molecule has 2 aromatic rings. The summed E-state index contributed by atoms with van der Waals surface area (Å²) in [5.74, 6) is -0.508. The molecule has 0 saturated carbocycles. The highest BCUT2D eigenvalue weighted by molar-refractivity contribution is 7.91. The van der Waals surface area contributed by atoms with E-state index in [1.807, 2.05) is 6.92 Å². The number of pyridine rings is 1. The van der Waals surface area contributed by atoms with Crippen LogP contribution in [-0.2, 0) is 59.0 Å². The molecule has 2 aliphatic rings. The normalized spacial score (nSPS) is 18.7. The predicted octanol–water partition coefficient (Wildman–Crippen LogP) is 1.97. The number of carbonyl (C=O) groups excluding carboxylic acids is 1. The molecule has 2 aromatic heterocycles. The second-order valence-electron chi connectivity index (χ2n) is 8.76. The maximum Gasteiger partial charge on any atom is 0.259 e. The van der Waals surface area contributed by atoms with Gasteiger partial charge in [0.1, 0.15) is 0 Å². The Kier molecular flexibility index (Phi) is 5.32. The van der Waals surface area contributed by atoms with Crippen molar-refractivity contribution < 1.29 is 14.1 Å². The Hall–Kier alpha value is -2.10. The topological polar surface area (TPSA) is 123 Å². The Bertz CT molecular complexity index is 1120. The molecule has 8 nitrogen and oxygen atoms in total. The van der Waals surface area contributed by atoms with Crippen molar-refractivity contribution in [3.8, 4) is 0 Å². The molecule has 0 aliphatic heterocycles. The number of amides is 1. The predicted molar refractivity (Wildman–Crippen MR) is 113 cm³/mol. The van der Waals surface area contributed by atoms with Crippen molar-refractivity contribution in [2.75, 3.05) is 0 Å². The molecule has 0 aromatic carbocycles. The lowest BCUT2D eigenvalue weighted by molar-refractivity contribution is -0.117. The van der Waals surface area contributed by atoms with Gasteiger partial charge in [-0.05, 0) is 55.7 Å². The zero-order valence-corrected chi connectivity index (χ0v) is 18.6. The van der Waals surface area contributed by atoms with E-state index in [1.165, 1.54) is 10.7 Å². The first kappa shape index (κ1) is 21.1. The number of nitrogens with two attached hydrogens (primary N) is 1. The van der Waals surface area contributed by atoms with Crippen LogP contribution in [0.15, 0.2) is 15.5 Å². The molecule has 2 aliphatic carbocycles. The molecule has 1 unspecified atom stereocenters. The van der Waals surface area contributed by atoms with Gasteiger partial charge in [-0.1, -0.05) is 13.8 Å². The molecule has 9 heteroatoms. The highest BCUT2D eigenvalue weighted by Gasteiger charge is 2.36. The van der Waals surface area contributed by atoms with Crippen LogP contribution in [0.2, 0.25) is 0 Å². The van der Waals surface area contributed by atoms with E-state index >= 15 is 0 Å². The summed E-state index contributed by atoms with van der Waals surface area (Å²) < 4.78 is 18.4. The summed E-state index contributed by atoms with van der Waals surface area (Å²) in [6, 6.07) is 1.45. The molecule has 1 atom stereocenters. The van der Waals surface area contributed by atoms with Crippen LogP contribution in [0.1, 0.15) is 67.4 Å². The van der Waals surface area contributed by atoms with E-state index in [0.717, 1.165) is 60.2 Å². The molecule has 4 rings (SSSR count). The molecular formula is C21H29N5O3S. The molecule has 162 valence electrons. The minimum atomic E-state index is -3.49. The average molecular weight is 432 g/mol. The van der Waals surface area contributed by atoms with Gasteiger partial charge in [0, 0.05) is 29.4 Å². The molecule has 1 amide bonds. The highest BCUT2D eigenvalue weighted by Crippen LogP contribution is 2.42. The van der Waals surface area contributed by atoms with Gasteiger partial charge < -0.3 is 5.11 Å². The monoisotopic (exact) mass is 431 g/mol. The van der Waals surface area contributed by atoms with Crippen molar-refractivity contribution in [3.05, 3.63) is 39.8 Å². The fourth-order valence-corrected chi connectivity index (χ4v) is 5.64. The first-order valence-corrected chi connectivity index (χ1v) is 12.0. The van der Waals surface area contributed by atoms with Crippen LogP contribution in [0.4, 0.5) is 0 Å².